The lowest BCUT2D eigenvalue weighted by Gasteiger charge is -2.31. The first-order valence-electron chi connectivity index (χ1n) is 11.0. The van der Waals surface area contributed by atoms with Gasteiger partial charge in [0.15, 0.2) is 0 Å². The number of hydrogen-bond acceptors (Lipinski definition) is 5. The fourth-order valence-corrected chi connectivity index (χ4v) is 5.01. The van der Waals surface area contributed by atoms with Crippen LogP contribution in [0.2, 0.25) is 0 Å². The first-order valence-corrected chi connectivity index (χ1v) is 12.4. The molecule has 0 saturated heterocycles. The van der Waals surface area contributed by atoms with Gasteiger partial charge in [0.2, 0.25) is 0 Å². The Morgan fingerprint density at radius 1 is 1.09 bits per heavy atom. The summed E-state index contributed by atoms with van der Waals surface area (Å²) in [5, 5.41) is 4.21. The molecule has 0 saturated carbocycles. The molecule has 172 valence electrons. The normalized spacial score (nSPS) is 13.7. The van der Waals surface area contributed by atoms with Crippen molar-refractivity contribution < 1.29 is 13.2 Å². The Kier molecular flexibility index (Phi) is 6.70. The van der Waals surface area contributed by atoms with Crippen LogP contribution in [0.25, 0.3) is 0 Å². The molecule has 33 heavy (non-hydrogen) atoms. The van der Waals surface area contributed by atoms with Crippen molar-refractivity contribution in [2.75, 3.05) is 25.6 Å². The molecule has 6 nitrogen and oxygen atoms in total. The molecule has 3 aromatic rings. The molecular weight excluding hydrogens is 434 g/mol. The minimum Gasteiger partial charge on any atom is -0.496 e. The van der Waals surface area contributed by atoms with E-state index in [1.807, 2.05) is 25.1 Å². The Morgan fingerprint density at radius 2 is 1.85 bits per heavy atom. The average Bonchev–Trinajstić information content (AvgIpc) is 2.83. The zero-order valence-electron chi connectivity index (χ0n) is 19.2. The van der Waals surface area contributed by atoms with Crippen LogP contribution in [0.3, 0.4) is 0 Å². The lowest BCUT2D eigenvalue weighted by atomic mass is 10.0. The van der Waals surface area contributed by atoms with Crippen LogP contribution in [-0.2, 0) is 23.0 Å². The van der Waals surface area contributed by atoms with Crippen LogP contribution in [-0.4, -0.2) is 39.7 Å². The van der Waals surface area contributed by atoms with E-state index in [4.69, 9.17) is 4.74 Å². The van der Waals surface area contributed by atoms with Crippen LogP contribution in [0.1, 0.15) is 28.7 Å². The van der Waals surface area contributed by atoms with Crippen molar-refractivity contribution in [1.29, 1.82) is 0 Å². The van der Waals surface area contributed by atoms with Gasteiger partial charge in [-0.25, -0.2) is 0 Å². The summed E-state index contributed by atoms with van der Waals surface area (Å²) in [4.78, 5) is 2.58. The van der Waals surface area contributed by atoms with Gasteiger partial charge in [-0.3, -0.25) is 0 Å². The van der Waals surface area contributed by atoms with E-state index in [9.17, 15) is 8.42 Å². The van der Waals surface area contributed by atoms with E-state index in [1.54, 1.807) is 37.6 Å². The Labute approximate surface area is 196 Å². The molecule has 1 aliphatic rings. The minimum atomic E-state index is -3.70. The highest BCUT2D eigenvalue weighted by atomic mass is 32.2. The second-order valence-electron chi connectivity index (χ2n) is 8.22. The molecule has 0 bridgehead atoms. The van der Waals surface area contributed by atoms with Gasteiger partial charge in [-0.15, -0.1) is 0 Å². The Morgan fingerprint density at radius 3 is 2.61 bits per heavy atom. The number of methoxy groups -OCH3 is 1. The smallest absolute Gasteiger partial charge is 0.278 e. The van der Waals surface area contributed by atoms with Crippen molar-refractivity contribution in [1.82, 2.24) is 4.41 Å². The Hall–Kier alpha value is -3.32. The van der Waals surface area contributed by atoms with E-state index in [0.29, 0.717) is 6.54 Å². The fraction of sp³-hybridized carbons (Fsp3) is 0.269. The zero-order chi connectivity index (χ0) is 23.4. The van der Waals surface area contributed by atoms with Crippen molar-refractivity contribution >= 4 is 21.9 Å². The molecule has 0 N–H and O–H groups in total. The number of fused-ring (bicyclic) bond motifs is 1. The molecule has 0 aromatic heterocycles. The summed E-state index contributed by atoms with van der Waals surface area (Å²) in [6.45, 7) is 3.61. The van der Waals surface area contributed by atoms with Crippen LogP contribution in [0.4, 0.5) is 5.69 Å². The number of nitrogens with zero attached hydrogens (tertiary/aromatic N) is 3. The third-order valence-electron chi connectivity index (χ3n) is 5.91. The SMILES string of the molecule is COc1ccc(/C=N/N(C)S(=O)(=O)c2ccc(C)cc2)cc1CN1CCCc2ccccc21. The van der Waals surface area contributed by atoms with Crippen LogP contribution < -0.4 is 9.64 Å². The third kappa shape index (κ3) is 5.03. The van der Waals surface area contributed by atoms with Crippen molar-refractivity contribution in [3.05, 3.63) is 89.0 Å². The molecule has 1 aliphatic heterocycles. The van der Waals surface area contributed by atoms with Crippen molar-refractivity contribution in [3.8, 4) is 5.75 Å². The highest BCUT2D eigenvalue weighted by Crippen LogP contribution is 2.30. The fourth-order valence-electron chi connectivity index (χ4n) is 4.06. The second kappa shape index (κ2) is 9.67. The molecule has 7 heteroatoms. The molecule has 0 unspecified atom stereocenters. The highest BCUT2D eigenvalue weighted by Gasteiger charge is 2.20. The van der Waals surface area contributed by atoms with Crippen molar-refractivity contribution in [3.63, 3.8) is 0 Å². The van der Waals surface area contributed by atoms with Gasteiger partial charge in [0.05, 0.1) is 18.2 Å². The van der Waals surface area contributed by atoms with Gasteiger partial charge in [-0.2, -0.15) is 17.9 Å². The summed E-state index contributed by atoms with van der Waals surface area (Å²) in [6.07, 6.45) is 3.78. The predicted octanol–water partition coefficient (Wildman–Crippen LogP) is 4.61. The zero-order valence-corrected chi connectivity index (χ0v) is 20.0. The number of rotatable bonds is 7. The van der Waals surface area contributed by atoms with Gasteiger partial charge in [0.25, 0.3) is 10.0 Å². The Balaban J connectivity index is 1.56. The molecule has 3 aromatic carbocycles. The monoisotopic (exact) mass is 463 g/mol. The molecule has 1 heterocycles. The van der Waals surface area contributed by atoms with Gasteiger partial charge >= 0.3 is 0 Å². The quantitative estimate of drug-likeness (QED) is 0.379. The second-order valence-corrected chi connectivity index (χ2v) is 10.2. The number of anilines is 1. The van der Waals surface area contributed by atoms with Crippen LogP contribution in [0, 0.1) is 6.92 Å². The maximum absolute atomic E-state index is 12.8. The maximum Gasteiger partial charge on any atom is 0.278 e. The van der Waals surface area contributed by atoms with Gasteiger partial charge in [0.1, 0.15) is 5.75 Å². The predicted molar refractivity (Wildman–Crippen MR) is 133 cm³/mol. The van der Waals surface area contributed by atoms with Gasteiger partial charge in [0, 0.05) is 31.4 Å². The largest absolute Gasteiger partial charge is 0.496 e. The topological polar surface area (TPSA) is 62.2 Å². The number of sulfonamides is 1. The van der Waals surface area contributed by atoms with Crippen LogP contribution in [0.5, 0.6) is 5.75 Å². The molecule has 0 fully saturated rings. The Bertz CT molecular complexity index is 1250. The van der Waals surface area contributed by atoms with E-state index in [-0.39, 0.29) is 4.90 Å². The van der Waals surface area contributed by atoms with Gasteiger partial charge < -0.3 is 9.64 Å². The first kappa shape index (κ1) is 22.9. The molecule has 0 aliphatic carbocycles. The minimum absolute atomic E-state index is 0.215. The lowest BCUT2D eigenvalue weighted by molar-refractivity contribution is 0.409. The molecule has 0 amide bonds. The summed E-state index contributed by atoms with van der Waals surface area (Å²) < 4.78 is 32.2. The number of ether oxygens (including phenoxy) is 1. The molecule has 4 rings (SSSR count). The van der Waals surface area contributed by atoms with E-state index in [1.165, 1.54) is 18.3 Å². The maximum atomic E-state index is 12.8. The van der Waals surface area contributed by atoms with Crippen molar-refractivity contribution in [2.24, 2.45) is 5.10 Å². The van der Waals surface area contributed by atoms with E-state index in [0.717, 1.165) is 46.2 Å². The number of hydrazone groups is 1. The highest BCUT2D eigenvalue weighted by molar-refractivity contribution is 7.89. The first-order chi connectivity index (χ1) is 15.9. The van der Waals surface area contributed by atoms with E-state index in [2.05, 4.69) is 34.3 Å². The summed E-state index contributed by atoms with van der Waals surface area (Å²) in [5.41, 5.74) is 5.46. The summed E-state index contributed by atoms with van der Waals surface area (Å²) in [7, 11) is -0.592. The average molecular weight is 464 g/mol. The van der Waals surface area contributed by atoms with Crippen LogP contribution in [0.15, 0.2) is 76.7 Å². The molecule has 0 atom stereocenters. The van der Waals surface area contributed by atoms with E-state index >= 15 is 0 Å². The molecular formula is C26H29N3O3S. The number of aryl methyl sites for hydroxylation is 2. The van der Waals surface area contributed by atoms with Crippen molar-refractivity contribution in [2.45, 2.75) is 31.2 Å². The lowest BCUT2D eigenvalue weighted by Crippen LogP contribution is -2.29. The summed E-state index contributed by atoms with van der Waals surface area (Å²) in [6, 6.07) is 21.0. The summed E-state index contributed by atoms with van der Waals surface area (Å²) >= 11 is 0. The van der Waals surface area contributed by atoms with E-state index < -0.39 is 10.0 Å². The van der Waals surface area contributed by atoms with Gasteiger partial charge in [-0.05, 0) is 67.3 Å². The standard InChI is InChI=1S/C26H29N3O3S/c1-20-10-13-24(14-11-20)33(30,31)28(2)27-18-21-12-15-26(32-3)23(17-21)19-29-16-6-8-22-7-4-5-9-25(22)29/h4-5,7,9-15,17-18H,6,8,16,19H2,1-3H3/b27-18+. The molecule has 0 radical (unpaired) electrons. The number of benzene rings is 3. The molecule has 0 spiro atoms. The van der Waals surface area contributed by atoms with Gasteiger partial charge in [-0.1, -0.05) is 35.9 Å². The summed E-state index contributed by atoms with van der Waals surface area (Å²) in [5.74, 6) is 0.802. The third-order valence-corrected chi connectivity index (χ3v) is 7.57. The van der Waals surface area contributed by atoms with Crippen LogP contribution >= 0.6 is 0 Å². The number of hydrogen-bond donors (Lipinski definition) is 0. The number of para-hydroxylation sites is 1.